The van der Waals surface area contributed by atoms with Crippen LogP contribution < -0.4 is 11.1 Å². The molecule has 0 radical (unpaired) electrons. The number of nitrogens with one attached hydrogen (secondary N) is 1. The van der Waals surface area contributed by atoms with E-state index < -0.39 is 0 Å². The molecule has 0 atom stereocenters. The molecule has 0 aliphatic carbocycles. The van der Waals surface area contributed by atoms with Crippen molar-refractivity contribution in [2.24, 2.45) is 0 Å². The van der Waals surface area contributed by atoms with Crippen molar-refractivity contribution in [1.29, 1.82) is 0 Å². The minimum absolute atomic E-state index is 0.0911. The van der Waals surface area contributed by atoms with Crippen LogP contribution in [0.3, 0.4) is 0 Å². The lowest BCUT2D eigenvalue weighted by Crippen LogP contribution is -2.24. The number of carbonyl (C=O) groups is 1. The molecule has 0 aliphatic heterocycles. The molecule has 0 spiro atoms. The lowest BCUT2D eigenvalue weighted by molar-refractivity contribution is 0.0948. The minimum Gasteiger partial charge on any atom is -0.467 e. The van der Waals surface area contributed by atoms with Crippen molar-refractivity contribution in [3.05, 3.63) is 54.3 Å². The predicted molar refractivity (Wildman–Crippen MR) is 74.0 cm³/mol. The largest absolute Gasteiger partial charge is 0.467 e. The number of furan rings is 2. The summed E-state index contributed by atoms with van der Waals surface area (Å²) < 4.78 is 10.3. The van der Waals surface area contributed by atoms with Crippen molar-refractivity contribution >= 4 is 11.7 Å². The van der Waals surface area contributed by atoms with Crippen LogP contribution in [0.2, 0.25) is 0 Å². The second-order valence-electron chi connectivity index (χ2n) is 4.23. The van der Waals surface area contributed by atoms with E-state index in [1.807, 2.05) is 0 Å². The summed E-state index contributed by atoms with van der Waals surface area (Å²) in [7, 11) is 0. The van der Waals surface area contributed by atoms with Gasteiger partial charge in [0, 0.05) is 6.20 Å². The number of aromatic nitrogens is 2. The van der Waals surface area contributed by atoms with Crippen LogP contribution in [0.5, 0.6) is 0 Å². The Labute approximate surface area is 119 Å². The highest BCUT2D eigenvalue weighted by molar-refractivity contribution is 5.98. The Morgan fingerprint density at radius 1 is 1.24 bits per heavy atom. The number of nitrogens with two attached hydrogens (primary N) is 1. The third-order valence-corrected chi connectivity index (χ3v) is 2.81. The van der Waals surface area contributed by atoms with E-state index in [2.05, 4.69) is 15.3 Å². The van der Waals surface area contributed by atoms with Crippen molar-refractivity contribution in [3.8, 4) is 11.6 Å². The number of anilines is 1. The van der Waals surface area contributed by atoms with Crippen molar-refractivity contribution in [3.63, 3.8) is 0 Å². The molecule has 7 heteroatoms. The van der Waals surface area contributed by atoms with Gasteiger partial charge in [-0.05, 0) is 24.3 Å². The molecule has 0 aromatic carbocycles. The van der Waals surface area contributed by atoms with E-state index in [4.69, 9.17) is 14.6 Å². The molecule has 0 fully saturated rings. The first-order valence-electron chi connectivity index (χ1n) is 6.21. The second kappa shape index (κ2) is 5.49. The van der Waals surface area contributed by atoms with E-state index in [0.29, 0.717) is 17.3 Å². The van der Waals surface area contributed by atoms with Crippen LogP contribution in [-0.2, 0) is 6.54 Å². The van der Waals surface area contributed by atoms with Crippen LogP contribution in [0.15, 0.2) is 51.8 Å². The third-order valence-electron chi connectivity index (χ3n) is 2.81. The van der Waals surface area contributed by atoms with Gasteiger partial charge in [-0.15, -0.1) is 0 Å². The summed E-state index contributed by atoms with van der Waals surface area (Å²) in [6, 6.07) is 6.95. The van der Waals surface area contributed by atoms with Gasteiger partial charge in [0.15, 0.2) is 11.6 Å². The lowest BCUT2D eigenvalue weighted by atomic mass is 10.2. The molecular weight excluding hydrogens is 272 g/mol. The van der Waals surface area contributed by atoms with Gasteiger partial charge in [-0.2, -0.15) is 0 Å². The van der Waals surface area contributed by atoms with Gasteiger partial charge < -0.3 is 19.9 Å². The highest BCUT2D eigenvalue weighted by Gasteiger charge is 2.14. The fraction of sp³-hybridized carbons (Fsp3) is 0.0714. The molecule has 3 N–H and O–H groups in total. The maximum Gasteiger partial charge on any atom is 0.256 e. The second-order valence-corrected chi connectivity index (χ2v) is 4.23. The Morgan fingerprint density at radius 2 is 2.05 bits per heavy atom. The quantitative estimate of drug-likeness (QED) is 0.757. The number of amides is 1. The average molecular weight is 284 g/mol. The molecule has 7 nitrogen and oxygen atoms in total. The summed E-state index contributed by atoms with van der Waals surface area (Å²) in [6.07, 6.45) is 4.42. The topological polar surface area (TPSA) is 107 Å². The van der Waals surface area contributed by atoms with Gasteiger partial charge in [-0.25, -0.2) is 9.97 Å². The Balaban J connectivity index is 1.74. The van der Waals surface area contributed by atoms with E-state index in [1.54, 1.807) is 24.3 Å². The Morgan fingerprint density at radius 3 is 2.71 bits per heavy atom. The number of rotatable bonds is 4. The van der Waals surface area contributed by atoms with Crippen LogP contribution in [0, 0.1) is 0 Å². The summed E-state index contributed by atoms with van der Waals surface area (Å²) in [4.78, 5) is 20.2. The fourth-order valence-electron chi connectivity index (χ4n) is 1.77. The van der Waals surface area contributed by atoms with Gasteiger partial charge >= 0.3 is 0 Å². The van der Waals surface area contributed by atoms with Gasteiger partial charge in [0.2, 0.25) is 0 Å². The third kappa shape index (κ3) is 2.76. The van der Waals surface area contributed by atoms with Gasteiger partial charge in [0.1, 0.15) is 11.6 Å². The highest BCUT2D eigenvalue weighted by atomic mass is 16.3. The molecule has 0 bridgehead atoms. The molecule has 3 rings (SSSR count). The Hall–Kier alpha value is -3.09. The normalized spacial score (nSPS) is 10.5. The average Bonchev–Trinajstić information content (AvgIpc) is 3.18. The summed E-state index contributed by atoms with van der Waals surface area (Å²) in [6.45, 7) is 0.269. The zero-order valence-electron chi connectivity index (χ0n) is 10.9. The number of hydrogen-bond acceptors (Lipinski definition) is 6. The molecule has 0 aliphatic rings. The van der Waals surface area contributed by atoms with Crippen LogP contribution in [0.25, 0.3) is 11.6 Å². The molecular formula is C14H12N4O3. The number of carbonyl (C=O) groups excluding carboxylic acids is 1. The van der Waals surface area contributed by atoms with Gasteiger partial charge in [-0.3, -0.25) is 4.79 Å². The van der Waals surface area contributed by atoms with Crippen LogP contribution in [0.4, 0.5) is 5.82 Å². The maximum absolute atomic E-state index is 12.0. The molecule has 106 valence electrons. The Kier molecular flexibility index (Phi) is 3.38. The van der Waals surface area contributed by atoms with E-state index in [9.17, 15) is 4.79 Å². The van der Waals surface area contributed by atoms with Crippen LogP contribution >= 0.6 is 0 Å². The van der Waals surface area contributed by atoms with E-state index in [-0.39, 0.29) is 23.8 Å². The fourth-order valence-corrected chi connectivity index (χ4v) is 1.77. The van der Waals surface area contributed by atoms with Gasteiger partial charge in [0.05, 0.1) is 24.6 Å². The number of hydrogen-bond donors (Lipinski definition) is 2. The molecule has 3 heterocycles. The maximum atomic E-state index is 12.0. The van der Waals surface area contributed by atoms with Crippen molar-refractivity contribution < 1.29 is 13.6 Å². The summed E-state index contributed by atoms with van der Waals surface area (Å²) in [5.41, 5.74) is 6.01. The van der Waals surface area contributed by atoms with E-state index in [1.165, 1.54) is 18.7 Å². The smallest absolute Gasteiger partial charge is 0.256 e. The first-order valence-corrected chi connectivity index (χ1v) is 6.21. The zero-order valence-corrected chi connectivity index (χ0v) is 10.9. The molecule has 0 saturated heterocycles. The van der Waals surface area contributed by atoms with Crippen LogP contribution in [-0.4, -0.2) is 15.9 Å². The van der Waals surface area contributed by atoms with E-state index in [0.717, 1.165) is 0 Å². The first-order chi connectivity index (χ1) is 10.2. The lowest BCUT2D eigenvalue weighted by Gasteiger charge is -2.06. The predicted octanol–water partition coefficient (Wildman–Crippen LogP) is 1.84. The molecule has 21 heavy (non-hydrogen) atoms. The standard InChI is InChI=1S/C14H12N4O3/c15-12-10(14(19)17-7-9-3-1-5-20-9)8-16-13(18-12)11-4-2-6-21-11/h1-6,8H,7H2,(H,17,19)(H2,15,16,18). The number of nitrogen functional groups attached to an aromatic ring is 1. The minimum atomic E-state index is -0.366. The molecule has 0 unspecified atom stereocenters. The zero-order chi connectivity index (χ0) is 14.7. The van der Waals surface area contributed by atoms with Crippen LogP contribution in [0.1, 0.15) is 16.1 Å². The number of nitrogens with zero attached hydrogens (tertiary/aromatic N) is 2. The molecule has 0 saturated carbocycles. The van der Waals surface area contributed by atoms with Gasteiger partial charge in [-0.1, -0.05) is 0 Å². The summed E-state index contributed by atoms with van der Waals surface area (Å²) in [5.74, 6) is 1.20. The molecule has 3 aromatic rings. The SMILES string of the molecule is Nc1nc(-c2ccco2)ncc1C(=O)NCc1ccco1. The molecule has 3 aromatic heterocycles. The summed E-state index contributed by atoms with van der Waals surface area (Å²) in [5, 5.41) is 2.68. The van der Waals surface area contributed by atoms with Crippen molar-refractivity contribution in [2.75, 3.05) is 5.73 Å². The molecule has 1 amide bonds. The highest BCUT2D eigenvalue weighted by Crippen LogP contribution is 2.17. The van der Waals surface area contributed by atoms with Crippen molar-refractivity contribution in [1.82, 2.24) is 15.3 Å². The van der Waals surface area contributed by atoms with Gasteiger partial charge in [0.25, 0.3) is 5.91 Å². The van der Waals surface area contributed by atoms with Crippen molar-refractivity contribution in [2.45, 2.75) is 6.54 Å². The Bertz CT molecular complexity index is 736. The summed E-state index contributed by atoms with van der Waals surface area (Å²) >= 11 is 0. The first kappa shape index (κ1) is 12.9. The van der Waals surface area contributed by atoms with E-state index >= 15 is 0 Å². The monoisotopic (exact) mass is 284 g/mol.